The van der Waals surface area contributed by atoms with Crippen LogP contribution in [0.4, 0.5) is 14.5 Å². The predicted octanol–water partition coefficient (Wildman–Crippen LogP) is 0.523. The Kier molecular flexibility index (Phi) is 3.35. The maximum Gasteiger partial charge on any atom is 0.289 e. The maximum absolute atomic E-state index is 12.9. The second-order valence-electron chi connectivity index (χ2n) is 2.52. The number of alkyl halides is 1. The van der Waals surface area contributed by atoms with E-state index in [-0.39, 0.29) is 0 Å². The zero-order chi connectivity index (χ0) is 10.6. The minimum Gasteiger partial charge on any atom is -0.348 e. The lowest BCUT2D eigenvalue weighted by atomic mass is 10.3. The number of carbonyl (C=O) groups is 1. The molecule has 1 aromatic rings. The Hall–Kier alpha value is -1.69. The molecular weight excluding hydrogens is 192 g/mol. The van der Waals surface area contributed by atoms with Crippen molar-refractivity contribution in [1.29, 1.82) is 0 Å². The third kappa shape index (κ3) is 2.67. The molecule has 0 saturated carbocycles. The van der Waals surface area contributed by atoms with Crippen LogP contribution in [0.1, 0.15) is 0 Å². The lowest BCUT2D eigenvalue weighted by Gasteiger charge is -2.09. The van der Waals surface area contributed by atoms with Crippen LogP contribution in [0.3, 0.4) is 0 Å². The standard InChI is InChI=1S/C8H9F2N3O/c9-5-1-3-6(4-2-5)12-7(10)8(14)13-11/h1-4,7,12H,11H2,(H,13,14). The quantitative estimate of drug-likeness (QED) is 0.289. The number of hydrogen-bond donors (Lipinski definition) is 3. The summed E-state index contributed by atoms with van der Waals surface area (Å²) in [6, 6.07) is 4.92. The van der Waals surface area contributed by atoms with Crippen molar-refractivity contribution < 1.29 is 13.6 Å². The number of nitrogens with one attached hydrogen (secondary N) is 2. The van der Waals surface area contributed by atoms with E-state index < -0.39 is 18.0 Å². The number of nitrogens with two attached hydrogens (primary N) is 1. The molecule has 76 valence electrons. The van der Waals surface area contributed by atoms with E-state index in [0.717, 1.165) is 12.1 Å². The highest BCUT2D eigenvalue weighted by molar-refractivity contribution is 5.82. The molecule has 0 aromatic heterocycles. The number of anilines is 1. The lowest BCUT2D eigenvalue weighted by Crippen LogP contribution is -2.40. The van der Waals surface area contributed by atoms with Crippen molar-refractivity contribution in [3.8, 4) is 0 Å². The SMILES string of the molecule is NNC(=O)C(F)Nc1ccc(F)cc1. The van der Waals surface area contributed by atoms with Crippen LogP contribution < -0.4 is 16.6 Å². The molecule has 0 aliphatic carbocycles. The molecule has 1 aromatic carbocycles. The Labute approximate surface area is 79.1 Å². The van der Waals surface area contributed by atoms with Crippen molar-refractivity contribution in [1.82, 2.24) is 5.43 Å². The minimum atomic E-state index is -1.95. The normalized spacial score (nSPS) is 11.9. The monoisotopic (exact) mass is 201 g/mol. The second kappa shape index (κ2) is 4.52. The number of carbonyl (C=O) groups excluding carboxylic acids is 1. The first-order valence-corrected chi connectivity index (χ1v) is 3.80. The zero-order valence-electron chi connectivity index (χ0n) is 7.13. The van der Waals surface area contributed by atoms with Crippen molar-refractivity contribution in [2.75, 3.05) is 5.32 Å². The van der Waals surface area contributed by atoms with Gasteiger partial charge in [0.15, 0.2) is 0 Å². The molecule has 1 amide bonds. The van der Waals surface area contributed by atoms with Crippen molar-refractivity contribution >= 4 is 11.6 Å². The number of hydrogen-bond acceptors (Lipinski definition) is 3. The van der Waals surface area contributed by atoms with E-state index in [4.69, 9.17) is 5.84 Å². The van der Waals surface area contributed by atoms with E-state index in [0.29, 0.717) is 5.69 Å². The Morgan fingerprint density at radius 2 is 1.93 bits per heavy atom. The first-order chi connectivity index (χ1) is 6.63. The van der Waals surface area contributed by atoms with Gasteiger partial charge >= 0.3 is 0 Å². The van der Waals surface area contributed by atoms with Crippen molar-refractivity contribution in [2.24, 2.45) is 5.84 Å². The molecular formula is C8H9F2N3O. The van der Waals surface area contributed by atoms with Crippen LogP contribution in [0.2, 0.25) is 0 Å². The highest BCUT2D eigenvalue weighted by Gasteiger charge is 2.14. The molecule has 0 saturated heterocycles. The van der Waals surface area contributed by atoms with E-state index in [9.17, 15) is 13.6 Å². The number of amides is 1. The molecule has 4 N–H and O–H groups in total. The summed E-state index contributed by atoms with van der Waals surface area (Å²) in [4.78, 5) is 10.6. The van der Waals surface area contributed by atoms with Gasteiger partial charge in [0, 0.05) is 5.69 Å². The molecule has 1 unspecified atom stereocenters. The second-order valence-corrected chi connectivity index (χ2v) is 2.52. The van der Waals surface area contributed by atoms with Crippen LogP contribution in [0.5, 0.6) is 0 Å². The van der Waals surface area contributed by atoms with Crippen molar-refractivity contribution in [3.63, 3.8) is 0 Å². The summed E-state index contributed by atoms with van der Waals surface area (Å²) in [5.74, 6) is 3.28. The summed E-state index contributed by atoms with van der Waals surface area (Å²) in [7, 11) is 0. The van der Waals surface area contributed by atoms with Gasteiger partial charge < -0.3 is 5.32 Å². The average molecular weight is 201 g/mol. The lowest BCUT2D eigenvalue weighted by molar-refractivity contribution is -0.125. The van der Waals surface area contributed by atoms with E-state index in [2.05, 4.69) is 5.32 Å². The van der Waals surface area contributed by atoms with Gasteiger partial charge in [0.2, 0.25) is 0 Å². The molecule has 0 radical (unpaired) electrons. The molecule has 1 rings (SSSR count). The fraction of sp³-hybridized carbons (Fsp3) is 0.125. The largest absolute Gasteiger partial charge is 0.348 e. The summed E-state index contributed by atoms with van der Waals surface area (Å²) < 4.78 is 25.3. The predicted molar refractivity (Wildman–Crippen MR) is 47.2 cm³/mol. The van der Waals surface area contributed by atoms with Crippen molar-refractivity contribution in [2.45, 2.75) is 6.30 Å². The van der Waals surface area contributed by atoms with Gasteiger partial charge in [-0.1, -0.05) is 0 Å². The van der Waals surface area contributed by atoms with Crippen LogP contribution in [0, 0.1) is 5.82 Å². The highest BCUT2D eigenvalue weighted by Crippen LogP contribution is 2.09. The molecule has 0 bridgehead atoms. The third-order valence-electron chi connectivity index (χ3n) is 1.51. The van der Waals surface area contributed by atoms with Gasteiger partial charge in [-0.05, 0) is 24.3 Å². The fourth-order valence-corrected chi connectivity index (χ4v) is 0.831. The summed E-state index contributed by atoms with van der Waals surface area (Å²) in [5, 5.41) is 2.19. The average Bonchev–Trinajstić information content (AvgIpc) is 2.20. The summed E-state index contributed by atoms with van der Waals surface area (Å²) in [6.45, 7) is 0. The van der Waals surface area contributed by atoms with Crippen LogP contribution >= 0.6 is 0 Å². The summed E-state index contributed by atoms with van der Waals surface area (Å²) >= 11 is 0. The molecule has 0 heterocycles. The molecule has 14 heavy (non-hydrogen) atoms. The Morgan fingerprint density at radius 1 is 1.36 bits per heavy atom. The number of benzene rings is 1. The van der Waals surface area contributed by atoms with Crippen molar-refractivity contribution in [3.05, 3.63) is 30.1 Å². The van der Waals surface area contributed by atoms with Crippen LogP contribution in [0.15, 0.2) is 24.3 Å². The molecule has 4 nitrogen and oxygen atoms in total. The molecule has 1 atom stereocenters. The maximum atomic E-state index is 12.9. The third-order valence-corrected chi connectivity index (χ3v) is 1.51. The highest BCUT2D eigenvalue weighted by atomic mass is 19.1. The Bertz CT molecular complexity index is 315. The van der Waals surface area contributed by atoms with Gasteiger partial charge in [0.05, 0.1) is 0 Å². The number of hydrazine groups is 1. The number of halogens is 2. The molecule has 0 spiro atoms. The van der Waals surface area contributed by atoms with Crippen LogP contribution in [0.25, 0.3) is 0 Å². The minimum absolute atomic E-state index is 0.294. The summed E-state index contributed by atoms with van der Waals surface area (Å²) in [5.41, 5.74) is 1.94. The van der Waals surface area contributed by atoms with Gasteiger partial charge in [-0.2, -0.15) is 0 Å². The van der Waals surface area contributed by atoms with Gasteiger partial charge in [0.25, 0.3) is 12.2 Å². The molecule has 0 fully saturated rings. The van der Waals surface area contributed by atoms with E-state index in [1.807, 2.05) is 0 Å². The first kappa shape index (κ1) is 10.4. The van der Waals surface area contributed by atoms with E-state index in [1.54, 1.807) is 5.43 Å². The fourth-order valence-electron chi connectivity index (χ4n) is 0.831. The van der Waals surface area contributed by atoms with Crippen LogP contribution in [-0.4, -0.2) is 12.2 Å². The molecule has 0 aliphatic heterocycles. The first-order valence-electron chi connectivity index (χ1n) is 3.80. The smallest absolute Gasteiger partial charge is 0.289 e. The van der Waals surface area contributed by atoms with E-state index in [1.165, 1.54) is 12.1 Å². The van der Waals surface area contributed by atoms with Gasteiger partial charge in [-0.15, -0.1) is 0 Å². The van der Waals surface area contributed by atoms with Gasteiger partial charge in [0.1, 0.15) is 5.82 Å². The molecule has 0 aliphatic rings. The number of rotatable bonds is 3. The van der Waals surface area contributed by atoms with Crippen LogP contribution in [-0.2, 0) is 4.79 Å². The Balaban J connectivity index is 2.60. The zero-order valence-corrected chi connectivity index (χ0v) is 7.13. The topological polar surface area (TPSA) is 67.1 Å². The van der Waals surface area contributed by atoms with E-state index >= 15 is 0 Å². The van der Waals surface area contributed by atoms with Gasteiger partial charge in [-0.3, -0.25) is 10.2 Å². The molecule has 6 heteroatoms. The van der Waals surface area contributed by atoms with Gasteiger partial charge in [-0.25, -0.2) is 14.6 Å². The summed E-state index contributed by atoms with van der Waals surface area (Å²) in [6.07, 6.45) is -1.95. The Morgan fingerprint density at radius 3 is 2.43 bits per heavy atom.